The van der Waals surface area contributed by atoms with E-state index in [9.17, 15) is 9.59 Å². The second kappa shape index (κ2) is 12.1. The molecule has 27 heavy (non-hydrogen) atoms. The van der Waals surface area contributed by atoms with Gasteiger partial charge in [-0.05, 0) is 46.2 Å². The SMILES string of the molecule is Cc1cc(C)nc(N)n1.Cc1cc(C)nc(N)n1.O=C(O)CCCC(=O)O. The summed E-state index contributed by atoms with van der Waals surface area (Å²) < 4.78 is 0. The van der Waals surface area contributed by atoms with Crippen LogP contribution in [0.3, 0.4) is 0 Å². The summed E-state index contributed by atoms with van der Waals surface area (Å²) in [6.45, 7) is 7.58. The molecule has 10 nitrogen and oxygen atoms in total. The molecule has 0 aliphatic rings. The number of hydrogen-bond acceptors (Lipinski definition) is 8. The van der Waals surface area contributed by atoms with Crippen LogP contribution in [0.25, 0.3) is 0 Å². The quantitative estimate of drug-likeness (QED) is 0.611. The van der Waals surface area contributed by atoms with Crippen LogP contribution in [0, 0.1) is 27.7 Å². The van der Waals surface area contributed by atoms with Crippen molar-refractivity contribution in [1.29, 1.82) is 0 Å². The fraction of sp³-hybridized carbons (Fsp3) is 0.412. The number of aryl methyl sites for hydroxylation is 4. The minimum atomic E-state index is -0.948. The van der Waals surface area contributed by atoms with Gasteiger partial charge in [0.15, 0.2) is 0 Å². The Balaban J connectivity index is 0.000000376. The summed E-state index contributed by atoms with van der Waals surface area (Å²) in [5.74, 6) is -1.19. The fourth-order valence-corrected chi connectivity index (χ4v) is 1.90. The highest BCUT2D eigenvalue weighted by Gasteiger charge is 1.99. The minimum Gasteiger partial charge on any atom is -0.481 e. The lowest BCUT2D eigenvalue weighted by molar-refractivity contribution is -0.138. The van der Waals surface area contributed by atoms with Crippen molar-refractivity contribution in [2.75, 3.05) is 11.5 Å². The van der Waals surface area contributed by atoms with Crippen LogP contribution in [-0.2, 0) is 9.59 Å². The molecule has 0 radical (unpaired) electrons. The highest BCUT2D eigenvalue weighted by molar-refractivity contribution is 5.69. The van der Waals surface area contributed by atoms with Gasteiger partial charge in [0.2, 0.25) is 11.9 Å². The Kier molecular flexibility index (Phi) is 10.6. The van der Waals surface area contributed by atoms with Crippen LogP contribution in [0.15, 0.2) is 12.1 Å². The first kappa shape index (κ1) is 23.7. The molecule has 0 saturated heterocycles. The van der Waals surface area contributed by atoms with Gasteiger partial charge < -0.3 is 21.7 Å². The van der Waals surface area contributed by atoms with Crippen LogP contribution in [0.5, 0.6) is 0 Å². The third-order valence-electron chi connectivity index (χ3n) is 2.78. The third-order valence-corrected chi connectivity index (χ3v) is 2.78. The first-order chi connectivity index (χ1) is 12.5. The van der Waals surface area contributed by atoms with E-state index in [1.54, 1.807) is 0 Å². The molecule has 6 N–H and O–H groups in total. The maximum absolute atomic E-state index is 9.79. The molecule has 0 saturated carbocycles. The molecule has 0 fully saturated rings. The van der Waals surface area contributed by atoms with Crippen molar-refractivity contribution in [3.63, 3.8) is 0 Å². The minimum absolute atomic E-state index is 0.0632. The molecular formula is C17H26N6O4. The van der Waals surface area contributed by atoms with Crippen LogP contribution >= 0.6 is 0 Å². The molecule has 148 valence electrons. The second-order valence-corrected chi connectivity index (χ2v) is 5.66. The number of nitrogens with zero attached hydrogens (tertiary/aromatic N) is 4. The van der Waals surface area contributed by atoms with Crippen LogP contribution < -0.4 is 11.5 Å². The van der Waals surface area contributed by atoms with Crippen molar-refractivity contribution in [1.82, 2.24) is 19.9 Å². The molecule has 0 spiro atoms. The Hall–Kier alpha value is -3.30. The van der Waals surface area contributed by atoms with Crippen molar-refractivity contribution < 1.29 is 19.8 Å². The van der Waals surface area contributed by atoms with Crippen molar-refractivity contribution in [2.24, 2.45) is 0 Å². The number of carboxylic acid groups (broad SMARTS) is 2. The maximum Gasteiger partial charge on any atom is 0.303 e. The number of nitrogens with two attached hydrogens (primary N) is 2. The van der Waals surface area contributed by atoms with Gasteiger partial charge in [-0.1, -0.05) is 0 Å². The van der Waals surface area contributed by atoms with E-state index in [1.807, 2.05) is 39.8 Å². The van der Waals surface area contributed by atoms with Crippen LogP contribution in [0.2, 0.25) is 0 Å². The number of anilines is 2. The molecule has 2 aromatic heterocycles. The summed E-state index contributed by atoms with van der Waals surface area (Å²) in [5, 5.41) is 16.1. The first-order valence-electron chi connectivity index (χ1n) is 8.08. The van der Waals surface area contributed by atoms with Gasteiger partial charge in [0.25, 0.3) is 0 Å². The zero-order chi connectivity index (χ0) is 21.0. The Labute approximate surface area is 157 Å². The summed E-state index contributed by atoms with van der Waals surface area (Å²) in [6.07, 6.45) is 0.0866. The van der Waals surface area contributed by atoms with Crippen molar-refractivity contribution >= 4 is 23.8 Å². The summed E-state index contributed by atoms with van der Waals surface area (Å²) >= 11 is 0. The van der Waals surface area contributed by atoms with Gasteiger partial charge in [0.1, 0.15) is 0 Å². The summed E-state index contributed by atoms with van der Waals surface area (Å²) in [6, 6.07) is 3.77. The Bertz CT molecular complexity index is 603. The third kappa shape index (κ3) is 13.6. The number of aromatic nitrogens is 4. The van der Waals surface area contributed by atoms with E-state index in [0.29, 0.717) is 11.9 Å². The first-order valence-corrected chi connectivity index (χ1v) is 8.08. The van der Waals surface area contributed by atoms with Crippen LogP contribution in [0.4, 0.5) is 11.9 Å². The van der Waals surface area contributed by atoms with Crippen LogP contribution in [-0.4, -0.2) is 42.1 Å². The van der Waals surface area contributed by atoms with E-state index in [4.69, 9.17) is 21.7 Å². The van der Waals surface area contributed by atoms with E-state index >= 15 is 0 Å². The topological polar surface area (TPSA) is 178 Å². The lowest BCUT2D eigenvalue weighted by Crippen LogP contribution is -1.98. The number of hydrogen-bond donors (Lipinski definition) is 4. The van der Waals surface area contributed by atoms with Gasteiger partial charge in [-0.15, -0.1) is 0 Å². The van der Waals surface area contributed by atoms with E-state index < -0.39 is 11.9 Å². The number of rotatable bonds is 4. The lowest BCUT2D eigenvalue weighted by atomic mass is 10.2. The van der Waals surface area contributed by atoms with Crippen molar-refractivity contribution in [2.45, 2.75) is 47.0 Å². The standard InChI is InChI=1S/2C6H9N3.C5H8O4/c2*1-4-3-5(2)9-6(7)8-4;6-4(7)2-1-3-5(8)9/h2*3H,1-2H3,(H2,7,8,9);1-3H2,(H,6,7)(H,8,9). The zero-order valence-corrected chi connectivity index (χ0v) is 15.9. The monoisotopic (exact) mass is 378 g/mol. The van der Waals surface area contributed by atoms with Crippen LogP contribution in [0.1, 0.15) is 42.0 Å². The second-order valence-electron chi connectivity index (χ2n) is 5.66. The molecular weight excluding hydrogens is 352 g/mol. The van der Waals surface area contributed by atoms with Gasteiger partial charge in [-0.3, -0.25) is 9.59 Å². The highest BCUT2D eigenvalue weighted by atomic mass is 16.4. The van der Waals surface area contributed by atoms with E-state index in [0.717, 1.165) is 22.8 Å². The summed E-state index contributed by atoms with van der Waals surface area (Å²) in [5.41, 5.74) is 14.3. The fourth-order valence-electron chi connectivity index (χ4n) is 1.90. The number of nitrogen functional groups attached to an aromatic ring is 2. The normalized spacial score (nSPS) is 9.33. The lowest BCUT2D eigenvalue weighted by Gasteiger charge is -1.94. The molecule has 0 aliphatic carbocycles. The highest BCUT2D eigenvalue weighted by Crippen LogP contribution is 1.99. The molecule has 0 atom stereocenters. The van der Waals surface area contributed by atoms with Gasteiger partial charge in [0, 0.05) is 35.6 Å². The number of aliphatic carboxylic acids is 2. The number of carbonyl (C=O) groups is 2. The number of carboxylic acids is 2. The smallest absolute Gasteiger partial charge is 0.303 e. The van der Waals surface area contributed by atoms with Gasteiger partial charge in [-0.2, -0.15) is 0 Å². The molecule has 0 unspecified atom stereocenters. The molecule has 2 aromatic rings. The summed E-state index contributed by atoms with van der Waals surface area (Å²) in [7, 11) is 0. The zero-order valence-electron chi connectivity index (χ0n) is 15.9. The largest absolute Gasteiger partial charge is 0.481 e. The Morgan fingerprint density at radius 1 is 0.741 bits per heavy atom. The molecule has 0 aromatic carbocycles. The molecule has 2 rings (SSSR count). The van der Waals surface area contributed by atoms with E-state index in [1.165, 1.54) is 0 Å². The van der Waals surface area contributed by atoms with E-state index in [2.05, 4.69) is 19.9 Å². The van der Waals surface area contributed by atoms with E-state index in [-0.39, 0.29) is 19.3 Å². The average Bonchev–Trinajstić information content (AvgIpc) is 2.44. The molecule has 10 heteroatoms. The maximum atomic E-state index is 9.79. The average molecular weight is 378 g/mol. The Morgan fingerprint density at radius 2 is 1.00 bits per heavy atom. The molecule has 0 aliphatic heterocycles. The predicted octanol–water partition coefficient (Wildman–Crippen LogP) is 1.68. The predicted molar refractivity (Wildman–Crippen MR) is 101 cm³/mol. The van der Waals surface area contributed by atoms with Gasteiger partial charge >= 0.3 is 11.9 Å². The molecule has 0 amide bonds. The van der Waals surface area contributed by atoms with Crippen molar-refractivity contribution in [3.8, 4) is 0 Å². The van der Waals surface area contributed by atoms with Gasteiger partial charge in [-0.25, -0.2) is 19.9 Å². The summed E-state index contributed by atoms with van der Waals surface area (Å²) in [4.78, 5) is 35.2. The Morgan fingerprint density at radius 3 is 1.19 bits per heavy atom. The van der Waals surface area contributed by atoms with Gasteiger partial charge in [0.05, 0.1) is 0 Å². The van der Waals surface area contributed by atoms with Crippen molar-refractivity contribution in [3.05, 3.63) is 34.9 Å². The molecule has 2 heterocycles. The molecule has 0 bridgehead atoms.